The van der Waals surface area contributed by atoms with Gasteiger partial charge in [0.25, 0.3) is 0 Å². The maximum Gasteiger partial charge on any atom is 0.204 e. The van der Waals surface area contributed by atoms with Crippen molar-refractivity contribution < 1.29 is 14.6 Å². The van der Waals surface area contributed by atoms with Crippen molar-refractivity contribution in [2.75, 3.05) is 7.11 Å². The summed E-state index contributed by atoms with van der Waals surface area (Å²) < 4.78 is 4.99. The van der Waals surface area contributed by atoms with Gasteiger partial charge in [-0.15, -0.1) is 0 Å². The van der Waals surface area contributed by atoms with Crippen LogP contribution in [0, 0.1) is 11.3 Å². The molecule has 100 valence electrons. The Morgan fingerprint density at radius 3 is 2.85 bits per heavy atom. The standard InChI is InChI=1S/C15H11NO3S/c1-19-14-7-10(2-3-13(14)17)6-12(8-16)15(18)11-4-5-20-9-11/h2-7,9,17H,1H3/b12-6-. The van der Waals surface area contributed by atoms with Gasteiger partial charge in [0.2, 0.25) is 5.78 Å². The molecule has 0 spiro atoms. The summed E-state index contributed by atoms with van der Waals surface area (Å²) >= 11 is 1.40. The fraction of sp³-hybridized carbons (Fsp3) is 0.0667. The molecule has 5 heteroatoms. The molecule has 0 aliphatic rings. The average Bonchev–Trinajstić information content (AvgIpc) is 2.99. The van der Waals surface area contributed by atoms with Crippen LogP contribution in [0.15, 0.2) is 40.6 Å². The van der Waals surface area contributed by atoms with Crippen molar-refractivity contribution >= 4 is 23.2 Å². The molecule has 0 radical (unpaired) electrons. The number of ether oxygens (including phenoxy) is 1. The number of hydrogen-bond acceptors (Lipinski definition) is 5. The van der Waals surface area contributed by atoms with Crippen molar-refractivity contribution in [1.82, 2.24) is 0 Å². The summed E-state index contributed by atoms with van der Waals surface area (Å²) in [6.07, 6.45) is 1.47. The summed E-state index contributed by atoms with van der Waals surface area (Å²) in [7, 11) is 1.43. The van der Waals surface area contributed by atoms with E-state index < -0.39 is 0 Å². The van der Waals surface area contributed by atoms with Gasteiger partial charge in [-0.1, -0.05) is 6.07 Å². The molecular formula is C15H11NO3S. The van der Waals surface area contributed by atoms with Crippen molar-refractivity contribution in [3.8, 4) is 17.6 Å². The number of hydrogen-bond donors (Lipinski definition) is 1. The lowest BCUT2D eigenvalue weighted by molar-refractivity contribution is 0.104. The molecule has 0 atom stereocenters. The van der Waals surface area contributed by atoms with E-state index in [1.165, 1.54) is 30.6 Å². The maximum atomic E-state index is 12.1. The Bertz CT molecular complexity index is 696. The topological polar surface area (TPSA) is 70.3 Å². The van der Waals surface area contributed by atoms with Crippen LogP contribution in [0.4, 0.5) is 0 Å². The van der Waals surface area contributed by atoms with E-state index in [1.54, 1.807) is 29.0 Å². The molecule has 0 aliphatic carbocycles. The summed E-state index contributed by atoms with van der Waals surface area (Å²) in [6, 6.07) is 8.20. The molecular weight excluding hydrogens is 274 g/mol. The molecule has 1 heterocycles. The summed E-state index contributed by atoms with van der Waals surface area (Å²) in [5.41, 5.74) is 1.14. The minimum absolute atomic E-state index is 0.00678. The average molecular weight is 285 g/mol. The number of ketones is 1. The van der Waals surface area contributed by atoms with Gasteiger partial charge in [-0.3, -0.25) is 4.79 Å². The first kappa shape index (κ1) is 13.8. The fourth-order valence-corrected chi connectivity index (χ4v) is 2.28. The van der Waals surface area contributed by atoms with Gasteiger partial charge in [0.05, 0.1) is 7.11 Å². The van der Waals surface area contributed by atoms with E-state index in [0.717, 1.165) is 0 Å². The lowest BCUT2D eigenvalue weighted by Crippen LogP contribution is -1.99. The quantitative estimate of drug-likeness (QED) is 0.532. The number of nitrogens with zero attached hydrogens (tertiary/aromatic N) is 1. The summed E-state index contributed by atoms with van der Waals surface area (Å²) in [6.45, 7) is 0. The molecule has 0 amide bonds. The Hall–Kier alpha value is -2.58. The molecule has 0 fully saturated rings. The van der Waals surface area contributed by atoms with E-state index in [1.807, 2.05) is 6.07 Å². The van der Waals surface area contributed by atoms with Crippen LogP contribution in [0.25, 0.3) is 6.08 Å². The SMILES string of the molecule is COc1cc(/C=C(/C#N)C(=O)c2ccsc2)ccc1O. The minimum atomic E-state index is -0.319. The molecule has 0 saturated carbocycles. The largest absolute Gasteiger partial charge is 0.504 e. The molecule has 1 aromatic heterocycles. The van der Waals surface area contributed by atoms with Gasteiger partial charge in [-0.25, -0.2) is 0 Å². The van der Waals surface area contributed by atoms with E-state index in [9.17, 15) is 9.90 Å². The van der Waals surface area contributed by atoms with Crippen LogP contribution < -0.4 is 4.74 Å². The maximum absolute atomic E-state index is 12.1. The van der Waals surface area contributed by atoms with Crippen molar-refractivity contribution in [2.45, 2.75) is 0 Å². The van der Waals surface area contributed by atoms with Gasteiger partial charge >= 0.3 is 0 Å². The number of thiophene rings is 1. The second-order valence-electron chi connectivity index (χ2n) is 3.94. The number of nitriles is 1. The van der Waals surface area contributed by atoms with Crippen molar-refractivity contribution in [1.29, 1.82) is 5.26 Å². The van der Waals surface area contributed by atoms with Gasteiger partial charge in [0.15, 0.2) is 11.5 Å². The number of Topliss-reactive ketones (excluding diaryl/α,β-unsaturated/α-hetero) is 1. The Morgan fingerprint density at radius 2 is 2.25 bits per heavy atom. The van der Waals surface area contributed by atoms with E-state index in [4.69, 9.17) is 10.00 Å². The zero-order valence-electron chi connectivity index (χ0n) is 10.7. The highest BCUT2D eigenvalue weighted by molar-refractivity contribution is 7.08. The molecule has 2 rings (SSSR count). The number of benzene rings is 1. The highest BCUT2D eigenvalue weighted by Gasteiger charge is 2.12. The normalized spacial score (nSPS) is 10.9. The molecule has 0 saturated heterocycles. The first-order chi connectivity index (χ1) is 9.65. The summed E-state index contributed by atoms with van der Waals surface area (Å²) in [5, 5.41) is 22.1. The van der Waals surface area contributed by atoms with Gasteiger partial charge in [-0.05, 0) is 35.2 Å². The molecule has 0 unspecified atom stereocenters. The second-order valence-corrected chi connectivity index (χ2v) is 4.72. The number of allylic oxidation sites excluding steroid dienone is 1. The third kappa shape index (κ3) is 2.87. The van der Waals surface area contributed by atoms with Crippen LogP contribution in [0.5, 0.6) is 11.5 Å². The zero-order valence-corrected chi connectivity index (χ0v) is 11.5. The summed E-state index contributed by atoms with van der Waals surface area (Å²) in [5.74, 6) is -0.0212. The van der Waals surface area contributed by atoms with Crippen LogP contribution in [0.2, 0.25) is 0 Å². The van der Waals surface area contributed by atoms with Crippen molar-refractivity contribution in [2.24, 2.45) is 0 Å². The third-order valence-corrected chi connectivity index (χ3v) is 3.35. The Balaban J connectivity index is 2.37. The Kier molecular flexibility index (Phi) is 4.18. The van der Waals surface area contributed by atoms with E-state index in [2.05, 4.69) is 0 Å². The fourth-order valence-electron chi connectivity index (χ4n) is 1.65. The second kappa shape index (κ2) is 6.04. The van der Waals surface area contributed by atoms with E-state index in [-0.39, 0.29) is 17.1 Å². The number of rotatable bonds is 4. The highest BCUT2D eigenvalue weighted by atomic mass is 32.1. The highest BCUT2D eigenvalue weighted by Crippen LogP contribution is 2.27. The Labute approximate surface area is 120 Å². The molecule has 20 heavy (non-hydrogen) atoms. The van der Waals surface area contributed by atoms with E-state index in [0.29, 0.717) is 16.9 Å². The van der Waals surface area contributed by atoms with Crippen LogP contribution in [-0.2, 0) is 0 Å². The summed E-state index contributed by atoms with van der Waals surface area (Å²) in [4.78, 5) is 12.1. The van der Waals surface area contributed by atoms with Gasteiger partial charge in [0, 0.05) is 10.9 Å². The van der Waals surface area contributed by atoms with Crippen molar-refractivity contribution in [3.63, 3.8) is 0 Å². The third-order valence-electron chi connectivity index (χ3n) is 2.66. The van der Waals surface area contributed by atoms with Crippen LogP contribution >= 0.6 is 11.3 Å². The number of methoxy groups -OCH3 is 1. The number of phenols is 1. The molecule has 4 nitrogen and oxygen atoms in total. The van der Waals surface area contributed by atoms with E-state index >= 15 is 0 Å². The Morgan fingerprint density at radius 1 is 1.45 bits per heavy atom. The number of carbonyl (C=O) groups is 1. The lowest BCUT2D eigenvalue weighted by Gasteiger charge is -2.04. The predicted octanol–water partition coefficient (Wildman–Crippen LogP) is 3.25. The van der Waals surface area contributed by atoms with Gasteiger partial charge in [-0.2, -0.15) is 16.6 Å². The minimum Gasteiger partial charge on any atom is -0.504 e. The van der Waals surface area contributed by atoms with Crippen molar-refractivity contribution in [3.05, 3.63) is 51.7 Å². The van der Waals surface area contributed by atoms with Gasteiger partial charge in [0.1, 0.15) is 11.6 Å². The smallest absolute Gasteiger partial charge is 0.204 e. The van der Waals surface area contributed by atoms with Crippen LogP contribution in [0.1, 0.15) is 15.9 Å². The first-order valence-corrected chi connectivity index (χ1v) is 6.65. The first-order valence-electron chi connectivity index (χ1n) is 5.71. The van der Waals surface area contributed by atoms with Crippen LogP contribution in [-0.4, -0.2) is 18.0 Å². The molecule has 0 aliphatic heterocycles. The number of aromatic hydroxyl groups is 1. The molecule has 2 aromatic rings. The molecule has 1 aromatic carbocycles. The lowest BCUT2D eigenvalue weighted by atomic mass is 10.0. The van der Waals surface area contributed by atoms with Gasteiger partial charge < -0.3 is 9.84 Å². The molecule has 1 N–H and O–H groups in total. The zero-order chi connectivity index (χ0) is 14.5. The molecule has 0 bridgehead atoms. The monoisotopic (exact) mass is 285 g/mol. The number of phenolic OH excluding ortho intramolecular Hbond substituents is 1. The number of carbonyl (C=O) groups excluding carboxylic acids is 1. The van der Waals surface area contributed by atoms with Crippen LogP contribution in [0.3, 0.4) is 0 Å². The predicted molar refractivity (Wildman–Crippen MR) is 76.9 cm³/mol.